The number of nitrogen functional groups attached to an aromatic ring is 1. The molecular weight excluding hydrogens is 208 g/mol. The molecule has 1 aromatic rings. The van der Waals surface area contributed by atoms with Gasteiger partial charge in [-0.05, 0) is 13.3 Å². The predicted octanol–water partition coefficient (Wildman–Crippen LogP) is 0.684. The lowest BCUT2D eigenvalue weighted by atomic mass is 10.3. The zero-order chi connectivity index (χ0) is 12.1. The summed E-state index contributed by atoms with van der Waals surface area (Å²) >= 11 is 0. The lowest BCUT2D eigenvalue weighted by Gasteiger charge is -2.10. The minimum atomic E-state index is 0.101. The van der Waals surface area contributed by atoms with Gasteiger partial charge in [0.25, 0.3) is 0 Å². The molecule has 88 valence electrons. The molecule has 2 N–H and O–H groups in total. The van der Waals surface area contributed by atoms with Crippen molar-refractivity contribution >= 4 is 17.6 Å². The molecule has 0 aliphatic heterocycles. The van der Waals surface area contributed by atoms with E-state index < -0.39 is 0 Å². The molecule has 0 atom stereocenters. The van der Waals surface area contributed by atoms with Gasteiger partial charge in [-0.15, -0.1) is 0 Å². The number of nitrogens with two attached hydrogens (primary N) is 1. The molecule has 0 radical (unpaired) electrons. The van der Waals surface area contributed by atoms with Crippen molar-refractivity contribution in [2.45, 2.75) is 20.3 Å². The van der Waals surface area contributed by atoms with E-state index in [1.807, 2.05) is 13.8 Å². The van der Waals surface area contributed by atoms with E-state index in [0.717, 1.165) is 12.1 Å². The molecule has 0 fully saturated rings. The summed E-state index contributed by atoms with van der Waals surface area (Å²) in [7, 11) is 3.61. The zero-order valence-corrected chi connectivity index (χ0v) is 9.93. The Kier molecular flexibility index (Phi) is 3.98. The highest BCUT2D eigenvalue weighted by Gasteiger charge is 2.06. The van der Waals surface area contributed by atoms with Gasteiger partial charge in [-0.1, -0.05) is 12.1 Å². The van der Waals surface area contributed by atoms with E-state index in [1.54, 1.807) is 19.0 Å². The Balaban J connectivity index is 2.88. The maximum Gasteiger partial charge on any atom is 0.352 e. The molecule has 7 heteroatoms. The maximum absolute atomic E-state index is 5.52. The molecule has 0 aromatic carbocycles. The first-order chi connectivity index (χ1) is 7.52. The summed E-state index contributed by atoms with van der Waals surface area (Å²) in [5.74, 6) is 0.546. The summed E-state index contributed by atoms with van der Waals surface area (Å²) in [4.78, 5) is 18.5. The Morgan fingerprint density at radius 2 is 2.06 bits per heavy atom. The molecule has 0 saturated carbocycles. The van der Waals surface area contributed by atoms with Gasteiger partial charge in [0.1, 0.15) is 0 Å². The lowest BCUT2D eigenvalue weighted by molar-refractivity contribution is 0.311. The molecular formula is C9H16N6O. The second-order valence-corrected chi connectivity index (χ2v) is 3.44. The van der Waals surface area contributed by atoms with Crippen LogP contribution in [0.5, 0.6) is 6.01 Å². The molecule has 16 heavy (non-hydrogen) atoms. The third-order valence-electron chi connectivity index (χ3n) is 1.82. The second-order valence-electron chi connectivity index (χ2n) is 3.44. The van der Waals surface area contributed by atoms with Crippen molar-refractivity contribution in [3.63, 3.8) is 0 Å². The van der Waals surface area contributed by atoms with Gasteiger partial charge >= 0.3 is 6.01 Å². The van der Waals surface area contributed by atoms with E-state index in [-0.39, 0.29) is 12.0 Å². The van der Waals surface area contributed by atoms with Crippen LogP contribution in [0.1, 0.15) is 20.3 Å². The summed E-state index contributed by atoms with van der Waals surface area (Å²) in [5.41, 5.74) is 6.37. The van der Waals surface area contributed by atoms with Gasteiger partial charge in [0.2, 0.25) is 11.9 Å². The van der Waals surface area contributed by atoms with Gasteiger partial charge in [-0.25, -0.2) is 0 Å². The number of hydrogen-bond acceptors (Lipinski definition) is 7. The van der Waals surface area contributed by atoms with Gasteiger partial charge in [0.05, 0.1) is 5.71 Å². The Morgan fingerprint density at radius 3 is 2.62 bits per heavy atom. The Labute approximate surface area is 94.3 Å². The van der Waals surface area contributed by atoms with E-state index >= 15 is 0 Å². The van der Waals surface area contributed by atoms with Crippen LogP contribution in [-0.2, 0) is 0 Å². The monoisotopic (exact) mass is 224 g/mol. The number of hydrogen-bond donors (Lipinski definition) is 1. The highest BCUT2D eigenvalue weighted by Crippen LogP contribution is 2.11. The summed E-state index contributed by atoms with van der Waals surface area (Å²) in [6.07, 6.45) is 0.807. The third kappa shape index (κ3) is 3.34. The Bertz CT molecular complexity index is 390. The summed E-state index contributed by atoms with van der Waals surface area (Å²) < 4.78 is 0. The normalized spacial score (nSPS) is 11.4. The van der Waals surface area contributed by atoms with Gasteiger partial charge in [-0.3, -0.25) is 0 Å². The summed E-state index contributed by atoms with van der Waals surface area (Å²) in [6.45, 7) is 3.84. The van der Waals surface area contributed by atoms with Crippen LogP contribution in [-0.4, -0.2) is 34.8 Å². The molecule has 0 amide bonds. The topological polar surface area (TPSA) is 89.5 Å². The standard InChI is InChI=1S/C9H16N6O/c1-5-6(2)14-16-9-12-7(10)11-8(13-9)15(3)4/h5H2,1-4H3,(H2,10,11,12,13)/b14-6+. The van der Waals surface area contributed by atoms with E-state index in [9.17, 15) is 0 Å². The van der Waals surface area contributed by atoms with E-state index in [1.165, 1.54) is 0 Å². The fraction of sp³-hybridized carbons (Fsp3) is 0.556. The van der Waals surface area contributed by atoms with Gasteiger partial charge in [0.15, 0.2) is 0 Å². The van der Waals surface area contributed by atoms with Crippen molar-refractivity contribution in [1.82, 2.24) is 15.0 Å². The van der Waals surface area contributed by atoms with E-state index in [4.69, 9.17) is 10.6 Å². The molecule has 1 heterocycles. The molecule has 1 aromatic heterocycles. The van der Waals surface area contributed by atoms with Crippen LogP contribution in [0.15, 0.2) is 5.16 Å². The minimum Gasteiger partial charge on any atom is -0.368 e. The van der Waals surface area contributed by atoms with E-state index in [0.29, 0.717) is 5.95 Å². The van der Waals surface area contributed by atoms with Gasteiger partial charge < -0.3 is 15.5 Å². The highest BCUT2D eigenvalue weighted by molar-refractivity contribution is 5.80. The number of aromatic nitrogens is 3. The van der Waals surface area contributed by atoms with Crippen LogP contribution >= 0.6 is 0 Å². The van der Waals surface area contributed by atoms with Crippen molar-refractivity contribution in [2.24, 2.45) is 5.16 Å². The minimum absolute atomic E-state index is 0.101. The third-order valence-corrected chi connectivity index (χ3v) is 1.82. The molecule has 1 rings (SSSR count). The van der Waals surface area contributed by atoms with Crippen molar-refractivity contribution < 1.29 is 4.84 Å². The first-order valence-corrected chi connectivity index (χ1v) is 4.92. The Hall–Kier alpha value is -1.92. The SMILES string of the molecule is CC/C(C)=N/Oc1nc(N)nc(N(C)C)n1. The largest absolute Gasteiger partial charge is 0.368 e. The summed E-state index contributed by atoms with van der Waals surface area (Å²) in [5, 5.41) is 3.84. The van der Waals surface area contributed by atoms with Crippen LogP contribution < -0.4 is 15.5 Å². The predicted molar refractivity (Wildman–Crippen MR) is 62.6 cm³/mol. The van der Waals surface area contributed by atoms with Gasteiger partial charge in [-0.2, -0.15) is 15.0 Å². The highest BCUT2D eigenvalue weighted by atomic mass is 16.6. The number of anilines is 2. The fourth-order valence-electron chi connectivity index (χ4n) is 0.785. The number of nitrogens with zero attached hydrogens (tertiary/aromatic N) is 5. The molecule has 0 saturated heterocycles. The molecule has 7 nitrogen and oxygen atoms in total. The first kappa shape index (κ1) is 12.2. The van der Waals surface area contributed by atoms with Crippen LogP contribution in [0.3, 0.4) is 0 Å². The molecule has 0 aliphatic rings. The molecule has 0 unspecified atom stereocenters. The molecule has 0 spiro atoms. The maximum atomic E-state index is 5.52. The average molecular weight is 224 g/mol. The summed E-state index contributed by atoms with van der Waals surface area (Å²) in [6, 6.07) is 0.101. The average Bonchev–Trinajstić information content (AvgIpc) is 2.25. The van der Waals surface area contributed by atoms with Crippen molar-refractivity contribution in [2.75, 3.05) is 24.7 Å². The molecule has 0 aliphatic carbocycles. The fourth-order valence-corrected chi connectivity index (χ4v) is 0.785. The van der Waals surface area contributed by atoms with Gasteiger partial charge in [0, 0.05) is 14.1 Å². The number of oxime groups is 1. The number of rotatable bonds is 4. The van der Waals surface area contributed by atoms with Crippen molar-refractivity contribution in [1.29, 1.82) is 0 Å². The zero-order valence-electron chi connectivity index (χ0n) is 9.93. The van der Waals surface area contributed by atoms with E-state index in [2.05, 4.69) is 20.1 Å². The van der Waals surface area contributed by atoms with Crippen LogP contribution in [0.4, 0.5) is 11.9 Å². The second kappa shape index (κ2) is 5.24. The van der Waals surface area contributed by atoms with Crippen LogP contribution in [0.25, 0.3) is 0 Å². The quantitative estimate of drug-likeness (QED) is 0.597. The van der Waals surface area contributed by atoms with Crippen molar-refractivity contribution in [3.8, 4) is 6.01 Å². The van der Waals surface area contributed by atoms with Crippen molar-refractivity contribution in [3.05, 3.63) is 0 Å². The smallest absolute Gasteiger partial charge is 0.352 e. The lowest BCUT2D eigenvalue weighted by Crippen LogP contribution is -2.15. The molecule has 0 bridgehead atoms. The first-order valence-electron chi connectivity index (χ1n) is 4.92. The van der Waals surface area contributed by atoms with Crippen LogP contribution in [0, 0.1) is 0 Å². The van der Waals surface area contributed by atoms with Crippen LogP contribution in [0.2, 0.25) is 0 Å². The Morgan fingerprint density at radius 1 is 1.38 bits per heavy atom.